The molecule has 2 aromatic carbocycles. The molecule has 0 spiro atoms. The molecule has 0 bridgehead atoms. The van der Waals surface area contributed by atoms with Crippen LogP contribution in [-0.4, -0.2) is 66.7 Å². The minimum Gasteiger partial charge on any atom is -0.497 e. The highest BCUT2D eigenvalue weighted by Gasteiger charge is 2.20. The third-order valence-electron chi connectivity index (χ3n) is 6.03. The van der Waals surface area contributed by atoms with Crippen molar-refractivity contribution in [2.45, 2.75) is 20.3 Å². The van der Waals surface area contributed by atoms with Crippen molar-refractivity contribution in [1.82, 2.24) is 19.6 Å². The van der Waals surface area contributed by atoms with Crippen LogP contribution in [0.25, 0.3) is 0 Å². The number of hydrogen-bond acceptors (Lipinski definition) is 7. The number of carbonyl (C=O) groups is 1. The second-order valence-electron chi connectivity index (χ2n) is 8.50. The maximum atomic E-state index is 12.3. The molecule has 180 valence electrons. The molecule has 8 nitrogen and oxygen atoms in total. The van der Waals surface area contributed by atoms with E-state index in [2.05, 4.69) is 30.9 Å². The van der Waals surface area contributed by atoms with Crippen LogP contribution in [-0.2, 0) is 6.42 Å². The second-order valence-corrected chi connectivity index (χ2v) is 9.23. The van der Waals surface area contributed by atoms with E-state index >= 15 is 0 Å². The molecule has 1 aliphatic heterocycles. The van der Waals surface area contributed by atoms with Crippen LogP contribution in [0.5, 0.6) is 5.75 Å². The van der Waals surface area contributed by atoms with E-state index in [4.69, 9.17) is 9.72 Å². The number of benzene rings is 2. The molecule has 2 heterocycles. The number of ether oxygens (including phenoxy) is 1. The first kappa shape index (κ1) is 24.0. The fourth-order valence-electron chi connectivity index (χ4n) is 4.07. The van der Waals surface area contributed by atoms with Gasteiger partial charge in [-0.1, -0.05) is 30.3 Å². The number of piperazine rings is 1. The third kappa shape index (κ3) is 6.24. The highest BCUT2D eigenvalue weighted by molar-refractivity contribution is 7.09. The first-order chi connectivity index (χ1) is 16.5. The highest BCUT2D eigenvalue weighted by atomic mass is 32.1. The quantitative estimate of drug-likeness (QED) is 0.512. The zero-order chi connectivity index (χ0) is 23.9. The van der Waals surface area contributed by atoms with E-state index in [-0.39, 0.29) is 6.03 Å². The second kappa shape index (κ2) is 11.3. The SMILES string of the molecule is COc1cccc(Cc2nsc(N3CCN(CCNC(=O)Nc4c(C)cccc4C)CC3)n2)c1. The third-order valence-corrected chi connectivity index (χ3v) is 6.84. The number of urea groups is 1. The largest absolute Gasteiger partial charge is 0.497 e. The van der Waals surface area contributed by atoms with Crippen molar-refractivity contribution < 1.29 is 9.53 Å². The lowest BCUT2D eigenvalue weighted by Crippen LogP contribution is -2.48. The van der Waals surface area contributed by atoms with Gasteiger partial charge in [0.05, 0.1) is 7.11 Å². The Hall–Kier alpha value is -3.17. The normalized spacial score (nSPS) is 14.1. The van der Waals surface area contributed by atoms with Gasteiger partial charge in [-0.15, -0.1) is 0 Å². The molecule has 4 rings (SSSR count). The molecule has 3 aromatic rings. The van der Waals surface area contributed by atoms with Crippen LogP contribution < -0.4 is 20.3 Å². The monoisotopic (exact) mass is 480 g/mol. The van der Waals surface area contributed by atoms with Crippen LogP contribution in [0.3, 0.4) is 0 Å². The van der Waals surface area contributed by atoms with E-state index in [1.54, 1.807) is 7.11 Å². The summed E-state index contributed by atoms with van der Waals surface area (Å²) in [7, 11) is 1.68. The lowest BCUT2D eigenvalue weighted by molar-refractivity contribution is 0.240. The van der Waals surface area contributed by atoms with Crippen LogP contribution >= 0.6 is 11.5 Å². The Kier molecular flexibility index (Phi) is 7.97. The summed E-state index contributed by atoms with van der Waals surface area (Å²) in [4.78, 5) is 21.7. The number of methoxy groups -OCH3 is 1. The molecule has 9 heteroatoms. The minimum atomic E-state index is -0.159. The van der Waals surface area contributed by atoms with Crippen molar-refractivity contribution in [3.8, 4) is 5.75 Å². The molecule has 2 N–H and O–H groups in total. The first-order valence-corrected chi connectivity index (χ1v) is 12.3. The van der Waals surface area contributed by atoms with Crippen LogP contribution in [0.15, 0.2) is 42.5 Å². The maximum Gasteiger partial charge on any atom is 0.319 e. The average molecular weight is 481 g/mol. The van der Waals surface area contributed by atoms with Crippen molar-refractivity contribution in [1.29, 1.82) is 0 Å². The van der Waals surface area contributed by atoms with E-state index in [9.17, 15) is 4.79 Å². The number of carbonyl (C=O) groups excluding carboxylic acids is 1. The lowest BCUT2D eigenvalue weighted by atomic mass is 10.1. The van der Waals surface area contributed by atoms with Crippen LogP contribution in [0.2, 0.25) is 0 Å². The van der Waals surface area contributed by atoms with Crippen molar-refractivity contribution in [3.63, 3.8) is 0 Å². The number of rotatable bonds is 8. The van der Waals surface area contributed by atoms with Crippen LogP contribution in [0.4, 0.5) is 15.6 Å². The Bertz CT molecular complexity index is 1090. The Morgan fingerprint density at radius 1 is 1.09 bits per heavy atom. The molecule has 1 aromatic heterocycles. The maximum absolute atomic E-state index is 12.3. The van der Waals surface area contributed by atoms with Gasteiger partial charge >= 0.3 is 6.03 Å². The van der Waals surface area contributed by atoms with Gasteiger partial charge in [0.1, 0.15) is 11.6 Å². The molecule has 0 saturated carbocycles. The summed E-state index contributed by atoms with van der Waals surface area (Å²) in [5.41, 5.74) is 4.16. The smallest absolute Gasteiger partial charge is 0.319 e. The molecular weight excluding hydrogens is 448 g/mol. The van der Waals surface area contributed by atoms with Crippen molar-refractivity contribution in [3.05, 3.63) is 65.0 Å². The van der Waals surface area contributed by atoms with Gasteiger partial charge in [-0.2, -0.15) is 4.37 Å². The average Bonchev–Trinajstić information content (AvgIpc) is 3.30. The van der Waals surface area contributed by atoms with Gasteiger partial charge in [0.25, 0.3) is 0 Å². The molecule has 1 fully saturated rings. The van der Waals surface area contributed by atoms with E-state index in [1.165, 1.54) is 11.5 Å². The summed E-state index contributed by atoms with van der Waals surface area (Å²) in [6, 6.07) is 13.9. The summed E-state index contributed by atoms with van der Waals surface area (Å²) < 4.78 is 9.86. The molecular formula is C25H32N6O2S. The van der Waals surface area contributed by atoms with E-state index < -0.39 is 0 Å². The standard InChI is InChI=1S/C25H32N6O2S/c1-18-6-4-7-19(2)23(18)28-24(32)26-10-11-30-12-14-31(15-13-30)25-27-22(29-34-25)17-20-8-5-9-21(16-20)33-3/h4-9,16H,10-15,17H2,1-3H3,(H2,26,28,32). The van der Waals surface area contributed by atoms with Gasteiger partial charge in [-0.05, 0) is 42.7 Å². The predicted octanol–water partition coefficient (Wildman–Crippen LogP) is 3.70. The Morgan fingerprint density at radius 3 is 2.56 bits per heavy atom. The summed E-state index contributed by atoms with van der Waals surface area (Å²) in [5.74, 6) is 1.69. The Morgan fingerprint density at radius 2 is 1.82 bits per heavy atom. The molecule has 34 heavy (non-hydrogen) atoms. The number of aryl methyl sites for hydroxylation is 2. The molecule has 2 amide bonds. The molecule has 0 aliphatic carbocycles. The molecule has 1 aliphatic rings. The van der Waals surface area contributed by atoms with Crippen molar-refractivity contribution in [2.24, 2.45) is 0 Å². The minimum absolute atomic E-state index is 0.159. The van der Waals surface area contributed by atoms with E-state index in [0.29, 0.717) is 13.0 Å². The highest BCUT2D eigenvalue weighted by Crippen LogP contribution is 2.22. The molecule has 0 radical (unpaired) electrons. The first-order valence-electron chi connectivity index (χ1n) is 11.6. The van der Waals surface area contributed by atoms with Crippen LogP contribution in [0, 0.1) is 13.8 Å². The number of nitrogens with one attached hydrogen (secondary N) is 2. The number of amides is 2. The fraction of sp³-hybridized carbons (Fsp3) is 0.400. The lowest BCUT2D eigenvalue weighted by Gasteiger charge is -2.34. The zero-order valence-corrected chi connectivity index (χ0v) is 20.8. The van der Waals surface area contributed by atoms with Crippen molar-refractivity contribution in [2.75, 3.05) is 56.6 Å². The van der Waals surface area contributed by atoms with Gasteiger partial charge in [-0.3, -0.25) is 4.90 Å². The van der Waals surface area contributed by atoms with Gasteiger partial charge in [0, 0.05) is 62.9 Å². The number of para-hydroxylation sites is 1. The summed E-state index contributed by atoms with van der Waals surface area (Å²) in [6.45, 7) is 9.12. The van der Waals surface area contributed by atoms with Gasteiger partial charge in [0.2, 0.25) is 5.13 Å². The topological polar surface area (TPSA) is 82.6 Å². The number of aromatic nitrogens is 2. The molecule has 1 saturated heterocycles. The van der Waals surface area contributed by atoms with Gasteiger partial charge < -0.3 is 20.3 Å². The summed E-state index contributed by atoms with van der Waals surface area (Å²) in [5, 5.41) is 6.92. The number of nitrogens with zero attached hydrogens (tertiary/aromatic N) is 4. The van der Waals surface area contributed by atoms with Gasteiger partial charge in [0.15, 0.2) is 0 Å². The zero-order valence-electron chi connectivity index (χ0n) is 20.0. The number of hydrogen-bond donors (Lipinski definition) is 2. The van der Waals surface area contributed by atoms with Crippen LogP contribution in [0.1, 0.15) is 22.5 Å². The fourth-order valence-corrected chi connectivity index (χ4v) is 4.81. The van der Waals surface area contributed by atoms with E-state index in [0.717, 1.165) is 71.8 Å². The Labute approximate surface area is 205 Å². The van der Waals surface area contributed by atoms with E-state index in [1.807, 2.05) is 50.2 Å². The summed E-state index contributed by atoms with van der Waals surface area (Å²) >= 11 is 1.46. The number of anilines is 2. The molecule has 0 atom stereocenters. The Balaban J connectivity index is 1.19. The summed E-state index contributed by atoms with van der Waals surface area (Å²) in [6.07, 6.45) is 0.698. The predicted molar refractivity (Wildman–Crippen MR) is 137 cm³/mol. The van der Waals surface area contributed by atoms with Gasteiger partial charge in [-0.25, -0.2) is 9.78 Å². The molecule has 0 unspecified atom stereocenters. The van der Waals surface area contributed by atoms with Crippen molar-refractivity contribution >= 4 is 28.4 Å².